The van der Waals surface area contributed by atoms with Gasteiger partial charge in [0.1, 0.15) is 5.75 Å². The fourth-order valence-corrected chi connectivity index (χ4v) is 3.91. The van der Waals surface area contributed by atoms with Gasteiger partial charge < -0.3 is 9.72 Å². The lowest BCUT2D eigenvalue weighted by molar-refractivity contribution is 0.0809. The average Bonchev–Trinajstić information content (AvgIpc) is 2.60. The molecule has 0 amide bonds. The Morgan fingerprint density at radius 2 is 1.89 bits per heavy atom. The molecule has 1 aromatic heterocycles. The maximum Gasteiger partial charge on any atom is 0.325 e. The highest BCUT2D eigenvalue weighted by molar-refractivity contribution is 5.98. The molecule has 1 atom stereocenters. The van der Waals surface area contributed by atoms with Crippen molar-refractivity contribution >= 4 is 5.78 Å². The summed E-state index contributed by atoms with van der Waals surface area (Å²) in [7, 11) is 1.63. The summed E-state index contributed by atoms with van der Waals surface area (Å²) in [6.07, 6.45) is 1.74. The number of Topliss-reactive ketones (excluding diaryl/α,β-unsaturated/α-hetero) is 1. The summed E-state index contributed by atoms with van der Waals surface area (Å²) in [4.78, 5) is 42.9. The van der Waals surface area contributed by atoms with E-state index in [9.17, 15) is 14.4 Å². The Hall–Kier alpha value is -2.67. The molecule has 0 bridgehead atoms. The van der Waals surface area contributed by atoms with Gasteiger partial charge in [-0.05, 0) is 56.5 Å². The first-order valence-corrected chi connectivity index (χ1v) is 9.11. The van der Waals surface area contributed by atoms with Crippen molar-refractivity contribution in [1.82, 2.24) is 14.9 Å². The van der Waals surface area contributed by atoms with Crippen LogP contribution in [0.4, 0.5) is 0 Å². The number of carbonyl (C=O) groups is 1. The van der Waals surface area contributed by atoms with Gasteiger partial charge in [0.15, 0.2) is 5.78 Å². The van der Waals surface area contributed by atoms with E-state index in [-0.39, 0.29) is 11.7 Å². The Bertz CT molecular complexity index is 909. The van der Waals surface area contributed by atoms with Gasteiger partial charge in [-0.2, -0.15) is 0 Å². The number of hydrogen-bond donors (Lipinski definition) is 2. The van der Waals surface area contributed by atoms with E-state index >= 15 is 0 Å². The van der Waals surface area contributed by atoms with Crippen LogP contribution in [0, 0.1) is 19.8 Å². The van der Waals surface area contributed by atoms with Crippen molar-refractivity contribution in [3.05, 3.63) is 61.4 Å². The molecule has 1 aliphatic rings. The van der Waals surface area contributed by atoms with E-state index in [1.54, 1.807) is 7.11 Å². The Labute approximate surface area is 157 Å². The minimum absolute atomic E-state index is 0.0975. The highest BCUT2D eigenvalue weighted by atomic mass is 16.5. The highest BCUT2D eigenvalue weighted by Gasteiger charge is 2.27. The van der Waals surface area contributed by atoms with Crippen LogP contribution in [-0.4, -0.2) is 40.9 Å². The fraction of sp³-hybridized carbons (Fsp3) is 0.450. The molecule has 1 fully saturated rings. The number of H-pyrrole nitrogens is 2. The second-order valence-electron chi connectivity index (χ2n) is 7.19. The molecule has 27 heavy (non-hydrogen) atoms. The zero-order valence-corrected chi connectivity index (χ0v) is 15.9. The van der Waals surface area contributed by atoms with Gasteiger partial charge in [0.25, 0.3) is 5.56 Å². The van der Waals surface area contributed by atoms with Gasteiger partial charge in [-0.3, -0.25) is 19.5 Å². The molecule has 0 aliphatic carbocycles. The maximum atomic E-state index is 13.0. The lowest BCUT2D eigenvalue weighted by Gasteiger charge is -2.32. The van der Waals surface area contributed by atoms with Crippen molar-refractivity contribution in [2.24, 2.45) is 5.92 Å². The molecule has 7 nitrogen and oxygen atoms in total. The molecule has 7 heteroatoms. The molecule has 1 saturated heterocycles. The van der Waals surface area contributed by atoms with Crippen molar-refractivity contribution in [2.75, 3.05) is 20.2 Å². The van der Waals surface area contributed by atoms with E-state index in [1.165, 1.54) is 6.07 Å². The highest BCUT2D eigenvalue weighted by Crippen LogP contribution is 2.28. The van der Waals surface area contributed by atoms with E-state index < -0.39 is 11.2 Å². The average molecular weight is 371 g/mol. The Morgan fingerprint density at radius 1 is 1.19 bits per heavy atom. The van der Waals surface area contributed by atoms with E-state index in [2.05, 4.69) is 14.9 Å². The predicted molar refractivity (Wildman–Crippen MR) is 102 cm³/mol. The largest absolute Gasteiger partial charge is 0.496 e. The van der Waals surface area contributed by atoms with Crippen LogP contribution in [0.5, 0.6) is 5.75 Å². The molecule has 0 saturated carbocycles. The number of hydrogen-bond acceptors (Lipinski definition) is 5. The first-order chi connectivity index (χ1) is 12.9. The number of aromatic nitrogens is 2. The normalized spacial score (nSPS) is 17.7. The molecular weight excluding hydrogens is 346 g/mol. The third kappa shape index (κ3) is 4.36. The Kier molecular flexibility index (Phi) is 5.60. The van der Waals surface area contributed by atoms with Gasteiger partial charge in [0, 0.05) is 36.3 Å². The predicted octanol–water partition coefficient (Wildman–Crippen LogP) is 1.78. The topological polar surface area (TPSA) is 95.3 Å². The first kappa shape index (κ1) is 19.1. The van der Waals surface area contributed by atoms with Crippen molar-refractivity contribution in [3.8, 4) is 5.75 Å². The van der Waals surface area contributed by atoms with Crippen molar-refractivity contribution in [1.29, 1.82) is 0 Å². The summed E-state index contributed by atoms with van der Waals surface area (Å²) >= 11 is 0. The van der Waals surface area contributed by atoms with Crippen LogP contribution in [0.2, 0.25) is 0 Å². The zero-order chi connectivity index (χ0) is 19.6. The standard InChI is InChI=1S/C20H25N3O4/c1-12-7-15(8-13(2)19(12)27-3)18(25)14-5-4-6-23(10-14)11-16-9-17(24)22-20(26)21-16/h7-9,14H,4-6,10-11H2,1-3H3,(H2,21,22,24,26). The first-order valence-electron chi connectivity index (χ1n) is 9.11. The molecule has 2 aromatic rings. The number of methoxy groups -OCH3 is 1. The van der Waals surface area contributed by atoms with Crippen LogP contribution < -0.4 is 16.0 Å². The van der Waals surface area contributed by atoms with E-state index in [1.807, 2.05) is 26.0 Å². The summed E-state index contributed by atoms with van der Waals surface area (Å²) in [6, 6.07) is 5.17. The van der Waals surface area contributed by atoms with Crippen molar-refractivity contribution in [3.63, 3.8) is 0 Å². The molecule has 1 aliphatic heterocycles. The van der Waals surface area contributed by atoms with Gasteiger partial charge in [0.2, 0.25) is 0 Å². The summed E-state index contributed by atoms with van der Waals surface area (Å²) in [5.41, 5.74) is 2.26. The van der Waals surface area contributed by atoms with Crippen LogP contribution >= 0.6 is 0 Å². The number of carbonyl (C=O) groups excluding carboxylic acids is 1. The Balaban J connectivity index is 1.75. The summed E-state index contributed by atoms with van der Waals surface area (Å²) in [6.45, 7) is 5.78. The SMILES string of the molecule is COc1c(C)cc(C(=O)C2CCCN(Cc3cc(=O)[nH]c(=O)[nH]3)C2)cc1C. The van der Waals surface area contributed by atoms with Gasteiger partial charge in [-0.15, -0.1) is 0 Å². The van der Waals surface area contributed by atoms with Gasteiger partial charge >= 0.3 is 5.69 Å². The lowest BCUT2D eigenvalue weighted by atomic mass is 9.88. The smallest absolute Gasteiger partial charge is 0.325 e. The lowest BCUT2D eigenvalue weighted by Crippen LogP contribution is -2.39. The zero-order valence-electron chi connectivity index (χ0n) is 15.9. The van der Waals surface area contributed by atoms with Crippen LogP contribution in [0.3, 0.4) is 0 Å². The number of piperidine rings is 1. The second kappa shape index (κ2) is 7.92. The molecule has 144 valence electrons. The maximum absolute atomic E-state index is 13.0. The summed E-state index contributed by atoms with van der Waals surface area (Å²) < 4.78 is 5.38. The number of benzene rings is 1. The summed E-state index contributed by atoms with van der Waals surface area (Å²) in [5, 5.41) is 0. The molecule has 2 N–H and O–H groups in total. The molecule has 3 rings (SSSR count). The van der Waals surface area contributed by atoms with E-state index in [0.29, 0.717) is 24.3 Å². The second-order valence-corrected chi connectivity index (χ2v) is 7.19. The van der Waals surface area contributed by atoms with Crippen molar-refractivity contribution in [2.45, 2.75) is 33.2 Å². The molecule has 1 aromatic carbocycles. The minimum atomic E-state index is -0.508. The number of aryl methyl sites for hydroxylation is 2. The third-order valence-corrected chi connectivity index (χ3v) is 5.04. The minimum Gasteiger partial charge on any atom is -0.496 e. The fourth-order valence-electron chi connectivity index (χ4n) is 3.91. The molecule has 0 spiro atoms. The van der Waals surface area contributed by atoms with Crippen LogP contribution in [-0.2, 0) is 6.54 Å². The van der Waals surface area contributed by atoms with Crippen molar-refractivity contribution < 1.29 is 9.53 Å². The number of likely N-dealkylation sites (tertiary alicyclic amines) is 1. The number of ketones is 1. The van der Waals surface area contributed by atoms with Crippen LogP contribution in [0.1, 0.15) is 40.0 Å². The monoisotopic (exact) mass is 371 g/mol. The van der Waals surface area contributed by atoms with Gasteiger partial charge in [0.05, 0.1) is 7.11 Å². The number of nitrogens with one attached hydrogen (secondary N) is 2. The number of rotatable bonds is 5. The molecule has 2 heterocycles. The van der Waals surface area contributed by atoms with Crippen LogP contribution in [0.25, 0.3) is 0 Å². The number of nitrogens with zero attached hydrogens (tertiary/aromatic N) is 1. The van der Waals surface area contributed by atoms with Gasteiger partial charge in [-0.1, -0.05) is 0 Å². The van der Waals surface area contributed by atoms with E-state index in [0.717, 1.165) is 36.3 Å². The van der Waals surface area contributed by atoms with Crippen LogP contribution in [0.15, 0.2) is 27.8 Å². The quantitative estimate of drug-likeness (QED) is 0.781. The van der Waals surface area contributed by atoms with Gasteiger partial charge in [-0.25, -0.2) is 4.79 Å². The molecule has 1 unspecified atom stereocenters. The third-order valence-electron chi connectivity index (χ3n) is 5.04. The Morgan fingerprint density at radius 3 is 2.52 bits per heavy atom. The molecular formula is C20H25N3O4. The summed E-state index contributed by atoms with van der Waals surface area (Å²) in [5.74, 6) is 0.850. The van der Waals surface area contributed by atoms with E-state index in [4.69, 9.17) is 4.74 Å². The number of ether oxygens (including phenoxy) is 1. The number of aromatic amines is 2. The molecule has 0 radical (unpaired) electrons.